The van der Waals surface area contributed by atoms with E-state index in [1.54, 1.807) is 58.9 Å². The first-order chi connectivity index (χ1) is 12.1. The van der Waals surface area contributed by atoms with Crippen LogP contribution in [0.4, 0.5) is 10.5 Å². The van der Waals surface area contributed by atoms with Crippen molar-refractivity contribution in [3.05, 3.63) is 29.8 Å². The number of nitrogens with one attached hydrogen (secondary N) is 1. The SMILES string of the molecule is CC[C@@H](C(=O)O)c1ccc(NC(=O)O[C@H](OC(=O)C(C)C)C(C)C)cc1. The van der Waals surface area contributed by atoms with Gasteiger partial charge in [0.25, 0.3) is 6.29 Å². The minimum atomic E-state index is -0.986. The number of benzene rings is 1. The molecule has 2 atom stereocenters. The summed E-state index contributed by atoms with van der Waals surface area (Å²) < 4.78 is 10.4. The molecule has 0 aliphatic carbocycles. The molecule has 0 bridgehead atoms. The minimum absolute atomic E-state index is 0.202. The first-order valence-corrected chi connectivity index (χ1v) is 8.66. The average molecular weight is 365 g/mol. The molecule has 0 heterocycles. The molecule has 0 aliphatic heterocycles. The Morgan fingerprint density at radius 1 is 1.04 bits per heavy atom. The van der Waals surface area contributed by atoms with E-state index in [4.69, 9.17) is 9.47 Å². The van der Waals surface area contributed by atoms with Crippen molar-refractivity contribution in [1.29, 1.82) is 0 Å². The third-order valence-electron chi connectivity index (χ3n) is 3.74. The summed E-state index contributed by atoms with van der Waals surface area (Å²) in [5.41, 5.74) is 1.11. The predicted molar refractivity (Wildman–Crippen MR) is 96.8 cm³/mol. The number of rotatable bonds is 8. The maximum absolute atomic E-state index is 12.0. The maximum Gasteiger partial charge on any atom is 0.414 e. The van der Waals surface area contributed by atoms with Crippen LogP contribution in [0.25, 0.3) is 0 Å². The molecular weight excluding hydrogens is 338 g/mol. The smallest absolute Gasteiger partial charge is 0.414 e. The Morgan fingerprint density at radius 3 is 2.04 bits per heavy atom. The van der Waals surface area contributed by atoms with Crippen LogP contribution >= 0.6 is 0 Å². The zero-order valence-electron chi connectivity index (χ0n) is 15.8. The van der Waals surface area contributed by atoms with Crippen molar-refractivity contribution in [3.8, 4) is 0 Å². The van der Waals surface area contributed by atoms with Gasteiger partial charge in [-0.05, 0) is 24.1 Å². The quantitative estimate of drug-likeness (QED) is 0.533. The second-order valence-electron chi connectivity index (χ2n) is 6.66. The van der Waals surface area contributed by atoms with Crippen molar-refractivity contribution in [1.82, 2.24) is 0 Å². The van der Waals surface area contributed by atoms with E-state index in [2.05, 4.69) is 5.32 Å². The van der Waals surface area contributed by atoms with Crippen LogP contribution in [0.3, 0.4) is 0 Å². The molecule has 0 fully saturated rings. The Morgan fingerprint density at radius 2 is 1.62 bits per heavy atom. The summed E-state index contributed by atoms with van der Waals surface area (Å²) >= 11 is 0. The number of hydrogen-bond donors (Lipinski definition) is 2. The molecule has 0 aromatic heterocycles. The molecule has 7 heteroatoms. The van der Waals surface area contributed by atoms with Crippen molar-refractivity contribution >= 4 is 23.7 Å². The molecule has 26 heavy (non-hydrogen) atoms. The monoisotopic (exact) mass is 365 g/mol. The van der Waals surface area contributed by atoms with Crippen molar-refractivity contribution in [2.45, 2.75) is 53.2 Å². The Kier molecular flexibility index (Phi) is 8.09. The van der Waals surface area contributed by atoms with Crippen molar-refractivity contribution in [3.63, 3.8) is 0 Å². The van der Waals surface area contributed by atoms with E-state index in [1.165, 1.54) is 0 Å². The zero-order valence-corrected chi connectivity index (χ0v) is 15.8. The van der Waals surface area contributed by atoms with Gasteiger partial charge in [0.2, 0.25) is 0 Å². The van der Waals surface area contributed by atoms with Gasteiger partial charge in [-0.2, -0.15) is 0 Å². The summed E-state index contributed by atoms with van der Waals surface area (Å²) in [6, 6.07) is 6.51. The summed E-state index contributed by atoms with van der Waals surface area (Å²) in [5.74, 6) is -2.45. The number of anilines is 1. The van der Waals surface area contributed by atoms with Crippen LogP contribution in [0.2, 0.25) is 0 Å². The Bertz CT molecular complexity index is 623. The van der Waals surface area contributed by atoms with Crippen LogP contribution in [0, 0.1) is 11.8 Å². The van der Waals surface area contributed by atoms with Gasteiger partial charge in [-0.1, -0.05) is 46.8 Å². The highest BCUT2D eigenvalue weighted by Gasteiger charge is 2.24. The molecule has 0 spiro atoms. The highest BCUT2D eigenvalue weighted by molar-refractivity contribution is 5.85. The fourth-order valence-corrected chi connectivity index (χ4v) is 2.15. The lowest BCUT2D eigenvalue weighted by molar-refractivity contribution is -0.177. The standard InChI is InChI=1S/C19H27NO6/c1-6-15(16(21)22)13-7-9-14(10-8-13)20-19(24)26-18(12(4)5)25-17(23)11(2)3/h7-12,15,18H,6H2,1-5H3,(H,20,24)(H,21,22)/t15-,18+/m1/s1. The largest absolute Gasteiger partial charge is 0.481 e. The molecule has 1 aromatic carbocycles. The molecule has 0 saturated carbocycles. The summed E-state index contributed by atoms with van der Waals surface area (Å²) in [6.45, 7) is 8.74. The number of amides is 1. The highest BCUT2D eigenvalue weighted by Crippen LogP contribution is 2.22. The molecular formula is C19H27NO6. The van der Waals surface area contributed by atoms with E-state index in [0.717, 1.165) is 0 Å². The lowest BCUT2D eigenvalue weighted by Crippen LogP contribution is -2.32. The van der Waals surface area contributed by atoms with E-state index in [9.17, 15) is 19.5 Å². The van der Waals surface area contributed by atoms with Gasteiger partial charge in [-0.3, -0.25) is 14.9 Å². The van der Waals surface area contributed by atoms with E-state index in [0.29, 0.717) is 17.7 Å². The Labute approximate surface area is 153 Å². The van der Waals surface area contributed by atoms with Gasteiger partial charge in [-0.25, -0.2) is 4.79 Å². The third kappa shape index (κ3) is 6.38. The van der Waals surface area contributed by atoms with Gasteiger partial charge in [0.15, 0.2) is 0 Å². The van der Waals surface area contributed by atoms with Crippen molar-refractivity contribution in [2.75, 3.05) is 5.32 Å². The van der Waals surface area contributed by atoms with Gasteiger partial charge in [-0.15, -0.1) is 0 Å². The topological polar surface area (TPSA) is 102 Å². The molecule has 144 valence electrons. The molecule has 0 saturated heterocycles. The lowest BCUT2D eigenvalue weighted by Gasteiger charge is -2.22. The number of hydrogen-bond acceptors (Lipinski definition) is 5. The van der Waals surface area contributed by atoms with Gasteiger partial charge >= 0.3 is 18.0 Å². The third-order valence-corrected chi connectivity index (χ3v) is 3.74. The zero-order chi connectivity index (χ0) is 19.9. The van der Waals surface area contributed by atoms with Gasteiger partial charge < -0.3 is 14.6 Å². The predicted octanol–water partition coefficient (Wildman–Crippen LogP) is 3.99. The summed E-state index contributed by atoms with van der Waals surface area (Å²) in [4.78, 5) is 34.9. The summed E-state index contributed by atoms with van der Waals surface area (Å²) in [5, 5.41) is 11.7. The maximum atomic E-state index is 12.0. The first kappa shape index (κ1) is 21.5. The fraction of sp³-hybridized carbons (Fsp3) is 0.526. The molecule has 2 N–H and O–H groups in total. The molecule has 0 unspecified atom stereocenters. The number of ether oxygens (including phenoxy) is 2. The Balaban J connectivity index is 2.71. The number of carboxylic acids is 1. The van der Waals surface area contributed by atoms with E-state index in [1.807, 2.05) is 0 Å². The molecule has 1 aromatic rings. The molecule has 7 nitrogen and oxygen atoms in total. The first-order valence-electron chi connectivity index (χ1n) is 8.66. The minimum Gasteiger partial charge on any atom is -0.481 e. The van der Waals surface area contributed by atoms with Crippen molar-refractivity contribution < 1.29 is 29.0 Å². The van der Waals surface area contributed by atoms with Crippen LogP contribution < -0.4 is 5.32 Å². The van der Waals surface area contributed by atoms with E-state index >= 15 is 0 Å². The van der Waals surface area contributed by atoms with Crippen LogP contribution in [0.5, 0.6) is 0 Å². The molecule has 0 radical (unpaired) electrons. The molecule has 0 aliphatic rings. The number of esters is 1. The van der Waals surface area contributed by atoms with Gasteiger partial charge in [0, 0.05) is 11.6 Å². The number of carboxylic acid groups (broad SMARTS) is 1. The van der Waals surface area contributed by atoms with Crippen LogP contribution in [-0.4, -0.2) is 29.4 Å². The number of carbonyl (C=O) groups excluding carboxylic acids is 2. The lowest BCUT2D eigenvalue weighted by atomic mass is 9.96. The van der Waals surface area contributed by atoms with Gasteiger partial charge in [0.05, 0.1) is 11.8 Å². The fourth-order valence-electron chi connectivity index (χ4n) is 2.15. The number of aliphatic carboxylic acids is 1. The van der Waals surface area contributed by atoms with E-state index in [-0.39, 0.29) is 11.8 Å². The normalized spacial score (nSPS) is 13.2. The highest BCUT2D eigenvalue weighted by atomic mass is 16.7. The molecule has 1 rings (SSSR count). The van der Waals surface area contributed by atoms with Crippen LogP contribution in [0.1, 0.15) is 52.5 Å². The second kappa shape index (κ2) is 9.79. The van der Waals surface area contributed by atoms with Crippen LogP contribution in [0.15, 0.2) is 24.3 Å². The Hall–Kier alpha value is -2.57. The average Bonchev–Trinajstić information content (AvgIpc) is 2.55. The van der Waals surface area contributed by atoms with Gasteiger partial charge in [0.1, 0.15) is 0 Å². The summed E-state index contributed by atoms with van der Waals surface area (Å²) in [7, 11) is 0. The molecule has 1 amide bonds. The van der Waals surface area contributed by atoms with E-state index < -0.39 is 30.2 Å². The number of carbonyl (C=O) groups is 3. The van der Waals surface area contributed by atoms with Crippen molar-refractivity contribution in [2.24, 2.45) is 11.8 Å². The van der Waals surface area contributed by atoms with Crippen LogP contribution in [-0.2, 0) is 19.1 Å². The summed E-state index contributed by atoms with van der Waals surface area (Å²) in [6.07, 6.45) is -1.26. The second-order valence-corrected chi connectivity index (χ2v) is 6.66.